The summed E-state index contributed by atoms with van der Waals surface area (Å²) in [6.45, 7) is 3.16. The Morgan fingerprint density at radius 1 is 1.50 bits per heavy atom. The molecule has 2 nitrogen and oxygen atoms in total. The maximum atomic E-state index is 13.8. The maximum Gasteiger partial charge on any atom is 0.311 e. The van der Waals surface area contributed by atoms with Gasteiger partial charge in [0, 0.05) is 0 Å². The van der Waals surface area contributed by atoms with Crippen LogP contribution >= 0.6 is 23.2 Å². The highest BCUT2D eigenvalue weighted by atomic mass is 35.5. The average Bonchev–Trinajstić information content (AvgIpc) is 2.96. The van der Waals surface area contributed by atoms with E-state index in [2.05, 4.69) is 5.92 Å². The van der Waals surface area contributed by atoms with Crippen molar-refractivity contribution >= 4 is 29.2 Å². The molecule has 6 heteroatoms. The van der Waals surface area contributed by atoms with Crippen molar-refractivity contribution < 1.29 is 18.3 Å². The zero-order chi connectivity index (χ0) is 16.9. The van der Waals surface area contributed by atoms with Crippen molar-refractivity contribution in [2.75, 3.05) is 6.67 Å². The molecule has 122 valence electrons. The second kappa shape index (κ2) is 7.99. The van der Waals surface area contributed by atoms with Crippen LogP contribution in [0.3, 0.4) is 0 Å². The zero-order valence-corrected chi connectivity index (χ0v) is 13.9. The fourth-order valence-electron chi connectivity index (χ4n) is 2.36. The third-order valence-corrected chi connectivity index (χ3v) is 4.04. The molecule has 0 aromatic rings. The van der Waals surface area contributed by atoms with Gasteiger partial charge in [-0.25, -0.2) is 4.39 Å². The molecular weight excluding hydrogens is 333 g/mol. The highest BCUT2D eigenvalue weighted by Gasteiger charge is 2.62. The summed E-state index contributed by atoms with van der Waals surface area (Å²) in [6.07, 6.45) is 6.89. The van der Waals surface area contributed by atoms with E-state index in [0.29, 0.717) is 0 Å². The lowest BCUT2D eigenvalue weighted by atomic mass is 10.1. The minimum atomic E-state index is -1.39. The lowest BCUT2D eigenvalue weighted by Gasteiger charge is -2.11. The Balaban J connectivity index is 2.69. The fourth-order valence-corrected chi connectivity index (χ4v) is 2.63. The largest absolute Gasteiger partial charge is 0.441 e. The molecule has 0 radical (unpaired) electrons. The van der Waals surface area contributed by atoms with Crippen LogP contribution in [0.5, 0.6) is 0 Å². The summed E-state index contributed by atoms with van der Waals surface area (Å²) in [5.41, 5.74) is -0.375. The van der Waals surface area contributed by atoms with Gasteiger partial charge in [-0.1, -0.05) is 43.0 Å². The number of hydrogen-bond acceptors (Lipinski definition) is 2. The molecule has 1 saturated carbocycles. The molecule has 0 bridgehead atoms. The fraction of sp³-hybridized carbons (Fsp3) is 0.562. The quantitative estimate of drug-likeness (QED) is 0.377. The Morgan fingerprint density at radius 3 is 2.64 bits per heavy atom. The Morgan fingerprint density at radius 2 is 2.14 bits per heavy atom. The summed E-state index contributed by atoms with van der Waals surface area (Å²) in [7, 11) is 0. The second-order valence-corrected chi connectivity index (χ2v) is 6.69. The standard InChI is InChI=1S/C16H18Cl2F2O2/c1-4-12(11(20)7-5-6-8-19)22-15(21)14-10(9-13(17)18)16(14,2)3/h1,7,9-10,12,14H,5-6,8H2,2-3H3/b11-7-. The molecule has 1 fully saturated rings. The number of esters is 1. The first-order valence-corrected chi connectivity index (χ1v) is 7.62. The maximum absolute atomic E-state index is 13.8. The number of hydrogen-bond donors (Lipinski definition) is 0. The lowest BCUT2D eigenvalue weighted by molar-refractivity contribution is -0.148. The van der Waals surface area contributed by atoms with Crippen LogP contribution in [0, 0.1) is 29.6 Å². The van der Waals surface area contributed by atoms with Gasteiger partial charge in [0.05, 0.1) is 12.6 Å². The predicted molar refractivity (Wildman–Crippen MR) is 83.7 cm³/mol. The van der Waals surface area contributed by atoms with Crippen LogP contribution in [0.1, 0.15) is 26.7 Å². The number of rotatable bonds is 7. The molecule has 0 saturated heterocycles. The number of unbranched alkanes of at least 4 members (excludes halogenated alkanes) is 1. The van der Waals surface area contributed by atoms with Crippen LogP contribution in [0.4, 0.5) is 8.78 Å². The van der Waals surface area contributed by atoms with Gasteiger partial charge in [0.25, 0.3) is 0 Å². The molecule has 3 unspecified atom stereocenters. The van der Waals surface area contributed by atoms with Gasteiger partial charge in [-0.05, 0) is 36.3 Å². The van der Waals surface area contributed by atoms with Gasteiger partial charge in [-0.15, -0.1) is 6.42 Å². The van der Waals surface area contributed by atoms with E-state index in [-0.39, 0.29) is 28.7 Å². The van der Waals surface area contributed by atoms with Gasteiger partial charge in [-0.3, -0.25) is 9.18 Å². The SMILES string of the molecule is C#CC(OC(=O)C1C(C=C(Cl)Cl)C1(C)C)/C(F)=C/CCCF. The molecule has 0 aromatic carbocycles. The van der Waals surface area contributed by atoms with Crippen molar-refractivity contribution in [3.05, 3.63) is 22.5 Å². The first kappa shape index (κ1) is 19.0. The van der Waals surface area contributed by atoms with E-state index in [1.807, 2.05) is 13.8 Å². The zero-order valence-electron chi connectivity index (χ0n) is 12.4. The van der Waals surface area contributed by atoms with E-state index in [4.69, 9.17) is 34.4 Å². The van der Waals surface area contributed by atoms with Crippen LogP contribution < -0.4 is 0 Å². The van der Waals surface area contributed by atoms with Gasteiger partial charge in [0.1, 0.15) is 10.3 Å². The Bertz CT molecular complexity index is 517. The summed E-state index contributed by atoms with van der Waals surface area (Å²) in [5.74, 6) is 0.0633. The van der Waals surface area contributed by atoms with Gasteiger partial charge < -0.3 is 4.74 Å². The molecule has 0 spiro atoms. The summed E-state index contributed by atoms with van der Waals surface area (Å²) in [6, 6.07) is 0. The molecule has 1 aliphatic rings. The van der Waals surface area contributed by atoms with Gasteiger partial charge >= 0.3 is 5.97 Å². The van der Waals surface area contributed by atoms with Crippen LogP contribution in [0.25, 0.3) is 0 Å². The molecule has 0 heterocycles. The summed E-state index contributed by atoms with van der Waals surface area (Å²) < 4.78 is 30.9. The molecule has 22 heavy (non-hydrogen) atoms. The lowest BCUT2D eigenvalue weighted by Crippen LogP contribution is -2.20. The van der Waals surface area contributed by atoms with Crippen molar-refractivity contribution in [2.24, 2.45) is 17.3 Å². The second-order valence-electron chi connectivity index (χ2n) is 5.68. The summed E-state index contributed by atoms with van der Waals surface area (Å²) in [4.78, 5) is 12.1. The number of allylic oxidation sites excluding steroid dienone is 2. The monoisotopic (exact) mass is 350 g/mol. The first-order chi connectivity index (χ1) is 10.3. The molecule has 1 rings (SSSR count). The minimum Gasteiger partial charge on any atom is -0.441 e. The number of terminal acetylenes is 1. The molecule has 0 aliphatic heterocycles. The Kier molecular flexibility index (Phi) is 6.90. The first-order valence-electron chi connectivity index (χ1n) is 6.86. The normalized spacial score (nSPS) is 24.1. The van der Waals surface area contributed by atoms with E-state index >= 15 is 0 Å². The van der Waals surface area contributed by atoms with Crippen LogP contribution in [-0.4, -0.2) is 18.7 Å². The third-order valence-electron chi connectivity index (χ3n) is 3.78. The van der Waals surface area contributed by atoms with E-state index in [1.165, 1.54) is 0 Å². The molecule has 1 aliphatic carbocycles. The number of carbonyl (C=O) groups is 1. The Hall–Kier alpha value is -1.05. The van der Waals surface area contributed by atoms with Crippen LogP contribution in [0.2, 0.25) is 0 Å². The molecule has 0 N–H and O–H groups in total. The van der Waals surface area contributed by atoms with Crippen LogP contribution in [0.15, 0.2) is 22.5 Å². The van der Waals surface area contributed by atoms with E-state index in [0.717, 1.165) is 6.08 Å². The topological polar surface area (TPSA) is 26.3 Å². The summed E-state index contributed by atoms with van der Waals surface area (Å²) >= 11 is 11.2. The average molecular weight is 351 g/mol. The minimum absolute atomic E-state index is 0.0687. The molecule has 0 amide bonds. The van der Waals surface area contributed by atoms with Crippen molar-refractivity contribution in [3.8, 4) is 12.3 Å². The summed E-state index contributed by atoms with van der Waals surface area (Å²) in [5, 5.41) is 0. The van der Waals surface area contributed by atoms with E-state index in [1.54, 1.807) is 6.08 Å². The van der Waals surface area contributed by atoms with Gasteiger partial charge in [0.15, 0.2) is 0 Å². The van der Waals surface area contributed by atoms with Gasteiger partial charge in [0.2, 0.25) is 6.10 Å². The highest BCUT2D eigenvalue weighted by Crippen LogP contribution is 2.60. The van der Waals surface area contributed by atoms with Crippen molar-refractivity contribution in [2.45, 2.75) is 32.8 Å². The van der Waals surface area contributed by atoms with E-state index in [9.17, 15) is 13.6 Å². The number of alkyl halides is 1. The predicted octanol–water partition coefficient (Wildman–Crippen LogP) is 4.73. The number of ether oxygens (including phenoxy) is 1. The highest BCUT2D eigenvalue weighted by molar-refractivity contribution is 6.55. The Labute approximate surface area is 139 Å². The number of halogens is 4. The van der Waals surface area contributed by atoms with E-state index < -0.39 is 30.5 Å². The third kappa shape index (κ3) is 4.72. The smallest absolute Gasteiger partial charge is 0.311 e. The van der Waals surface area contributed by atoms with Crippen molar-refractivity contribution in [3.63, 3.8) is 0 Å². The van der Waals surface area contributed by atoms with Crippen molar-refractivity contribution in [1.82, 2.24) is 0 Å². The molecular formula is C16H18Cl2F2O2. The molecule has 0 aromatic heterocycles. The molecule has 3 atom stereocenters. The van der Waals surface area contributed by atoms with Crippen LogP contribution in [-0.2, 0) is 9.53 Å². The number of carbonyl (C=O) groups excluding carboxylic acids is 1. The van der Waals surface area contributed by atoms with Crippen molar-refractivity contribution in [1.29, 1.82) is 0 Å². The van der Waals surface area contributed by atoms with Gasteiger partial charge in [-0.2, -0.15) is 0 Å².